The Kier molecular flexibility index (Phi) is 6.91. The van der Waals surface area contributed by atoms with E-state index in [1.165, 1.54) is 0 Å². The molecule has 0 aliphatic heterocycles. The predicted molar refractivity (Wildman–Crippen MR) is 116 cm³/mol. The second-order valence-electron chi connectivity index (χ2n) is 7.74. The van der Waals surface area contributed by atoms with Gasteiger partial charge in [-0.2, -0.15) is 0 Å². The van der Waals surface area contributed by atoms with Crippen molar-refractivity contribution in [1.82, 2.24) is 0 Å². The minimum absolute atomic E-state index is 0.00378. The molecule has 0 radical (unpaired) electrons. The summed E-state index contributed by atoms with van der Waals surface area (Å²) < 4.78 is 5.34. The standard InChI is InChI=1S/C24H30N2O3/c1-4-17-7-5-6-8-20(17)25-23(27)18-10-12-19(13-11-18)24(28)26-21-15-16(2)9-14-22(21)29-3/h5-9,14-15,18-19H,4,10-13H2,1-3H3,(H,25,27)(H,26,28). The molecule has 1 aliphatic carbocycles. The van der Waals surface area contributed by atoms with Crippen molar-refractivity contribution in [2.45, 2.75) is 46.0 Å². The number of carbonyl (C=O) groups excluding carboxylic acids is 2. The van der Waals surface area contributed by atoms with Gasteiger partial charge in [0.15, 0.2) is 0 Å². The second-order valence-corrected chi connectivity index (χ2v) is 7.74. The third-order valence-corrected chi connectivity index (χ3v) is 5.74. The van der Waals surface area contributed by atoms with Gasteiger partial charge in [-0.1, -0.05) is 31.2 Å². The van der Waals surface area contributed by atoms with Crippen LogP contribution in [0.1, 0.15) is 43.7 Å². The summed E-state index contributed by atoms with van der Waals surface area (Å²) >= 11 is 0. The molecule has 2 amide bonds. The van der Waals surface area contributed by atoms with Crippen molar-refractivity contribution >= 4 is 23.2 Å². The molecule has 154 valence electrons. The van der Waals surface area contributed by atoms with Gasteiger partial charge in [-0.15, -0.1) is 0 Å². The topological polar surface area (TPSA) is 67.4 Å². The average Bonchev–Trinajstić information content (AvgIpc) is 2.74. The number of hydrogen-bond donors (Lipinski definition) is 2. The third-order valence-electron chi connectivity index (χ3n) is 5.74. The van der Waals surface area contributed by atoms with Crippen LogP contribution in [0, 0.1) is 18.8 Å². The zero-order chi connectivity index (χ0) is 20.8. The van der Waals surface area contributed by atoms with Crippen molar-refractivity contribution in [2.24, 2.45) is 11.8 Å². The molecule has 1 fully saturated rings. The number of carbonyl (C=O) groups is 2. The lowest BCUT2D eigenvalue weighted by atomic mass is 9.81. The van der Waals surface area contributed by atoms with Crippen LogP contribution in [0.25, 0.3) is 0 Å². The second kappa shape index (κ2) is 9.59. The van der Waals surface area contributed by atoms with Gasteiger partial charge in [-0.05, 0) is 68.4 Å². The van der Waals surface area contributed by atoms with Gasteiger partial charge in [-0.25, -0.2) is 0 Å². The van der Waals surface area contributed by atoms with E-state index in [2.05, 4.69) is 17.6 Å². The van der Waals surface area contributed by atoms with Crippen molar-refractivity contribution in [3.63, 3.8) is 0 Å². The molecule has 2 aromatic carbocycles. The molecule has 1 saturated carbocycles. The number of para-hydroxylation sites is 1. The number of nitrogens with one attached hydrogen (secondary N) is 2. The largest absolute Gasteiger partial charge is 0.495 e. The fourth-order valence-corrected chi connectivity index (χ4v) is 3.96. The Bertz CT molecular complexity index is 870. The summed E-state index contributed by atoms with van der Waals surface area (Å²) in [6.45, 7) is 4.06. The van der Waals surface area contributed by atoms with Gasteiger partial charge in [0.25, 0.3) is 0 Å². The van der Waals surface area contributed by atoms with Gasteiger partial charge in [0, 0.05) is 17.5 Å². The molecule has 2 N–H and O–H groups in total. The molecule has 2 aromatic rings. The first-order chi connectivity index (χ1) is 14.0. The van der Waals surface area contributed by atoms with Crippen molar-refractivity contribution in [2.75, 3.05) is 17.7 Å². The smallest absolute Gasteiger partial charge is 0.227 e. The van der Waals surface area contributed by atoms with Crippen LogP contribution in [0.3, 0.4) is 0 Å². The number of amides is 2. The predicted octanol–water partition coefficient (Wildman–Crippen LogP) is 4.95. The first-order valence-corrected chi connectivity index (χ1v) is 10.4. The Morgan fingerprint density at radius 1 is 0.931 bits per heavy atom. The first-order valence-electron chi connectivity index (χ1n) is 10.4. The molecule has 1 aliphatic rings. The van der Waals surface area contributed by atoms with E-state index in [1.54, 1.807) is 7.11 Å². The normalized spacial score (nSPS) is 18.7. The van der Waals surface area contributed by atoms with Crippen LogP contribution in [-0.2, 0) is 16.0 Å². The lowest BCUT2D eigenvalue weighted by Gasteiger charge is -2.27. The number of methoxy groups -OCH3 is 1. The molecule has 0 heterocycles. The molecule has 5 nitrogen and oxygen atoms in total. The van der Waals surface area contributed by atoms with Crippen LogP contribution in [0.5, 0.6) is 5.75 Å². The molecule has 5 heteroatoms. The summed E-state index contributed by atoms with van der Waals surface area (Å²) in [7, 11) is 1.60. The molecule has 3 rings (SSSR count). The van der Waals surface area contributed by atoms with Crippen LogP contribution in [0.4, 0.5) is 11.4 Å². The van der Waals surface area contributed by atoms with Gasteiger partial charge in [0.1, 0.15) is 5.75 Å². The Hall–Kier alpha value is -2.82. The Morgan fingerprint density at radius 2 is 1.52 bits per heavy atom. The van der Waals surface area contributed by atoms with Crippen molar-refractivity contribution in [3.8, 4) is 5.75 Å². The van der Waals surface area contributed by atoms with Gasteiger partial charge in [0.05, 0.1) is 12.8 Å². The van der Waals surface area contributed by atoms with E-state index in [9.17, 15) is 9.59 Å². The zero-order valence-corrected chi connectivity index (χ0v) is 17.5. The summed E-state index contributed by atoms with van der Waals surface area (Å²) in [6.07, 6.45) is 3.76. The lowest BCUT2D eigenvalue weighted by molar-refractivity contribution is -0.125. The van der Waals surface area contributed by atoms with E-state index in [1.807, 2.05) is 49.4 Å². The summed E-state index contributed by atoms with van der Waals surface area (Å²) in [5.74, 6) is 0.602. The Balaban J connectivity index is 1.55. The highest BCUT2D eigenvalue weighted by molar-refractivity contribution is 5.95. The zero-order valence-electron chi connectivity index (χ0n) is 17.5. The van der Waals surface area contributed by atoms with E-state index >= 15 is 0 Å². The van der Waals surface area contributed by atoms with Gasteiger partial charge in [-0.3, -0.25) is 9.59 Å². The highest BCUT2D eigenvalue weighted by Crippen LogP contribution is 2.32. The van der Waals surface area contributed by atoms with Crippen LogP contribution in [0.2, 0.25) is 0 Å². The summed E-state index contributed by atoms with van der Waals surface area (Å²) in [5.41, 5.74) is 3.80. The maximum atomic E-state index is 12.7. The minimum atomic E-state index is -0.0767. The molecule has 0 spiro atoms. The molecule has 29 heavy (non-hydrogen) atoms. The number of hydrogen-bond acceptors (Lipinski definition) is 3. The number of anilines is 2. The van der Waals surface area contributed by atoms with Crippen molar-refractivity contribution in [3.05, 3.63) is 53.6 Å². The van der Waals surface area contributed by atoms with Crippen LogP contribution >= 0.6 is 0 Å². The van der Waals surface area contributed by atoms with Gasteiger partial charge in [0.2, 0.25) is 11.8 Å². The van der Waals surface area contributed by atoms with Crippen LogP contribution in [-0.4, -0.2) is 18.9 Å². The molecule has 0 saturated heterocycles. The number of rotatable bonds is 6. The molecule has 0 atom stereocenters. The van der Waals surface area contributed by atoms with E-state index < -0.39 is 0 Å². The monoisotopic (exact) mass is 394 g/mol. The van der Waals surface area contributed by atoms with Crippen molar-refractivity contribution in [1.29, 1.82) is 0 Å². The van der Waals surface area contributed by atoms with E-state index in [-0.39, 0.29) is 23.7 Å². The molecule has 0 unspecified atom stereocenters. The minimum Gasteiger partial charge on any atom is -0.495 e. The van der Waals surface area contributed by atoms with E-state index in [4.69, 9.17) is 4.74 Å². The van der Waals surface area contributed by atoms with Gasteiger partial charge >= 0.3 is 0 Å². The molecule has 0 aromatic heterocycles. The number of ether oxygens (including phenoxy) is 1. The fraction of sp³-hybridized carbons (Fsp3) is 0.417. The maximum Gasteiger partial charge on any atom is 0.227 e. The average molecular weight is 395 g/mol. The Morgan fingerprint density at radius 3 is 2.10 bits per heavy atom. The SMILES string of the molecule is CCc1ccccc1NC(=O)C1CCC(C(=O)Nc2cc(C)ccc2OC)CC1. The molecular formula is C24H30N2O3. The molecule has 0 bridgehead atoms. The summed E-state index contributed by atoms with van der Waals surface area (Å²) in [6, 6.07) is 13.6. The lowest BCUT2D eigenvalue weighted by Crippen LogP contribution is -2.32. The van der Waals surface area contributed by atoms with E-state index in [0.717, 1.165) is 36.1 Å². The third kappa shape index (κ3) is 5.17. The summed E-state index contributed by atoms with van der Waals surface area (Å²) in [5, 5.41) is 6.09. The highest BCUT2D eigenvalue weighted by Gasteiger charge is 2.30. The van der Waals surface area contributed by atoms with Crippen LogP contribution in [0.15, 0.2) is 42.5 Å². The maximum absolute atomic E-state index is 12.7. The summed E-state index contributed by atoms with van der Waals surface area (Å²) in [4.78, 5) is 25.4. The van der Waals surface area contributed by atoms with E-state index in [0.29, 0.717) is 24.3 Å². The van der Waals surface area contributed by atoms with Gasteiger partial charge < -0.3 is 15.4 Å². The molecular weight excluding hydrogens is 364 g/mol. The van der Waals surface area contributed by atoms with Crippen LogP contribution < -0.4 is 15.4 Å². The fourth-order valence-electron chi connectivity index (χ4n) is 3.96. The first kappa shape index (κ1) is 20.9. The quantitative estimate of drug-likeness (QED) is 0.728. The van der Waals surface area contributed by atoms with Crippen molar-refractivity contribution < 1.29 is 14.3 Å². The highest BCUT2D eigenvalue weighted by atomic mass is 16.5. The number of benzene rings is 2. The number of aryl methyl sites for hydroxylation is 2. The Labute approximate surface area is 172 Å².